The van der Waals surface area contributed by atoms with Crippen LogP contribution < -0.4 is 5.32 Å². The van der Waals surface area contributed by atoms with Crippen molar-refractivity contribution >= 4 is 12.1 Å². The van der Waals surface area contributed by atoms with Crippen molar-refractivity contribution in [1.82, 2.24) is 5.32 Å². The zero-order valence-corrected chi connectivity index (χ0v) is 12.4. The molecule has 1 amide bonds. The standard InChI is InChI=1S/C15H11F5N2O3/c1-2-8-3-4-10(17)9(5-8)14(7-16)6-11(15(18,19)20)21-12(25-14)22-13(23)24/h1,3-5,11H,6-7H2,(H,21,22)(H,23,24)/t11-,14+/m0/s1. The summed E-state index contributed by atoms with van der Waals surface area (Å²) in [5, 5.41) is 10.2. The molecule has 1 aromatic rings. The van der Waals surface area contributed by atoms with Crippen LogP contribution in [0.25, 0.3) is 0 Å². The number of nitrogens with one attached hydrogen (secondary N) is 1. The van der Waals surface area contributed by atoms with Gasteiger partial charge in [-0.3, -0.25) is 0 Å². The van der Waals surface area contributed by atoms with Crippen LogP contribution in [-0.4, -0.2) is 36.1 Å². The zero-order chi connectivity index (χ0) is 18.8. The molecule has 0 radical (unpaired) electrons. The molecule has 1 heterocycles. The second kappa shape index (κ2) is 6.58. The summed E-state index contributed by atoms with van der Waals surface area (Å²) in [5.41, 5.74) is -2.90. The predicted octanol–water partition coefficient (Wildman–Crippen LogP) is 2.95. The van der Waals surface area contributed by atoms with Crippen molar-refractivity contribution in [3.63, 3.8) is 0 Å². The van der Waals surface area contributed by atoms with Gasteiger partial charge in [0.25, 0.3) is 6.02 Å². The maximum atomic E-state index is 14.2. The van der Waals surface area contributed by atoms with Crippen molar-refractivity contribution < 1.29 is 36.6 Å². The van der Waals surface area contributed by atoms with E-state index in [1.807, 2.05) is 0 Å². The second-order valence-electron chi connectivity index (χ2n) is 5.19. The van der Waals surface area contributed by atoms with E-state index < -0.39 is 54.4 Å². The molecule has 0 bridgehead atoms. The summed E-state index contributed by atoms with van der Waals surface area (Å²) in [6, 6.07) is -0.549. The summed E-state index contributed by atoms with van der Waals surface area (Å²) < 4.78 is 72.3. The van der Waals surface area contributed by atoms with Gasteiger partial charge in [0, 0.05) is 17.5 Å². The van der Waals surface area contributed by atoms with Gasteiger partial charge in [0.1, 0.15) is 12.5 Å². The Bertz CT molecular complexity index is 757. The van der Waals surface area contributed by atoms with Crippen molar-refractivity contribution in [3.05, 3.63) is 35.1 Å². The van der Waals surface area contributed by atoms with Crippen LogP contribution in [0.5, 0.6) is 0 Å². The molecular weight excluding hydrogens is 351 g/mol. The van der Waals surface area contributed by atoms with Crippen LogP contribution in [0.1, 0.15) is 17.5 Å². The quantitative estimate of drug-likeness (QED) is 0.628. The third kappa shape index (κ3) is 3.81. The van der Waals surface area contributed by atoms with E-state index in [-0.39, 0.29) is 5.56 Å². The van der Waals surface area contributed by atoms with Crippen LogP contribution in [-0.2, 0) is 10.3 Å². The van der Waals surface area contributed by atoms with Crippen LogP contribution in [0.3, 0.4) is 0 Å². The van der Waals surface area contributed by atoms with Gasteiger partial charge < -0.3 is 9.84 Å². The highest BCUT2D eigenvalue weighted by molar-refractivity contribution is 5.90. The number of amidine groups is 1. The Hall–Kier alpha value is -2.83. The molecule has 0 unspecified atom stereocenters. The van der Waals surface area contributed by atoms with Crippen molar-refractivity contribution in [2.24, 2.45) is 4.99 Å². The van der Waals surface area contributed by atoms with E-state index in [1.54, 1.807) is 0 Å². The average Bonchev–Trinajstić information content (AvgIpc) is 2.53. The Labute approximate surface area is 138 Å². The highest BCUT2D eigenvalue weighted by Crippen LogP contribution is 2.41. The molecule has 0 aliphatic carbocycles. The number of hydrogen-bond donors (Lipinski definition) is 2. The molecule has 10 heteroatoms. The first kappa shape index (κ1) is 18.5. The van der Waals surface area contributed by atoms with E-state index in [0.717, 1.165) is 12.1 Å². The first-order valence-electron chi connectivity index (χ1n) is 6.77. The molecular formula is C15H11F5N2O3. The van der Waals surface area contributed by atoms with Gasteiger partial charge >= 0.3 is 12.3 Å². The smallest absolute Gasteiger partial charge is 0.412 e. The number of aliphatic imine (C=N–C) groups is 1. The Balaban J connectivity index is 2.58. The lowest BCUT2D eigenvalue weighted by Crippen LogP contribution is -2.50. The van der Waals surface area contributed by atoms with E-state index in [4.69, 9.17) is 16.3 Å². The number of terminal acetylenes is 1. The summed E-state index contributed by atoms with van der Waals surface area (Å²) in [6.07, 6.45) is -2.60. The van der Waals surface area contributed by atoms with E-state index in [1.165, 1.54) is 11.4 Å². The van der Waals surface area contributed by atoms with Gasteiger partial charge in [0.05, 0.1) is 0 Å². The number of hydrogen-bond acceptors (Lipinski definition) is 3. The fraction of sp³-hybridized carbons (Fsp3) is 0.333. The second-order valence-corrected chi connectivity index (χ2v) is 5.19. The molecule has 25 heavy (non-hydrogen) atoms. The Morgan fingerprint density at radius 1 is 1.52 bits per heavy atom. The molecule has 0 fully saturated rings. The number of carbonyl (C=O) groups is 1. The number of nitrogens with zero attached hydrogens (tertiary/aromatic N) is 1. The molecule has 2 rings (SSSR count). The largest absolute Gasteiger partial charge is 0.465 e. The monoisotopic (exact) mass is 362 g/mol. The van der Waals surface area contributed by atoms with Crippen LogP contribution in [0.2, 0.25) is 0 Å². The first-order chi connectivity index (χ1) is 11.6. The fourth-order valence-electron chi connectivity index (χ4n) is 2.37. The molecule has 134 valence electrons. The van der Waals surface area contributed by atoms with Crippen LogP contribution in [0, 0.1) is 18.2 Å². The number of carboxylic acid groups (broad SMARTS) is 1. The molecule has 2 N–H and O–H groups in total. The summed E-state index contributed by atoms with van der Waals surface area (Å²) in [7, 11) is 0. The Kier molecular flexibility index (Phi) is 4.87. The molecule has 0 spiro atoms. The van der Waals surface area contributed by atoms with Crippen molar-refractivity contribution in [3.8, 4) is 12.3 Å². The van der Waals surface area contributed by atoms with E-state index in [9.17, 15) is 26.7 Å². The zero-order valence-electron chi connectivity index (χ0n) is 12.4. The Morgan fingerprint density at radius 3 is 2.72 bits per heavy atom. The van der Waals surface area contributed by atoms with E-state index >= 15 is 0 Å². The minimum Gasteiger partial charge on any atom is -0.465 e. The first-order valence-corrected chi connectivity index (χ1v) is 6.77. The number of rotatable bonds is 2. The number of ether oxygens (including phenoxy) is 1. The van der Waals surface area contributed by atoms with Crippen molar-refractivity contribution in [2.45, 2.75) is 24.2 Å². The van der Waals surface area contributed by atoms with Gasteiger partial charge in [-0.05, 0) is 18.2 Å². The minimum absolute atomic E-state index is 0.0895. The number of alkyl halides is 4. The maximum absolute atomic E-state index is 14.2. The lowest BCUT2D eigenvalue weighted by molar-refractivity contribution is -0.167. The lowest BCUT2D eigenvalue weighted by Gasteiger charge is -2.38. The minimum atomic E-state index is -4.92. The highest BCUT2D eigenvalue weighted by atomic mass is 19.4. The van der Waals surface area contributed by atoms with Crippen LogP contribution in [0.4, 0.5) is 26.7 Å². The third-order valence-corrected chi connectivity index (χ3v) is 3.52. The normalized spacial score (nSPS) is 23.2. The van der Waals surface area contributed by atoms with Crippen molar-refractivity contribution in [2.75, 3.05) is 6.67 Å². The summed E-state index contributed by atoms with van der Waals surface area (Å²) in [5.74, 6) is 1.11. The molecule has 1 aliphatic heterocycles. The van der Waals surface area contributed by atoms with Gasteiger partial charge in [0.2, 0.25) is 0 Å². The van der Waals surface area contributed by atoms with Gasteiger partial charge in [-0.15, -0.1) is 6.42 Å². The summed E-state index contributed by atoms with van der Waals surface area (Å²) in [6.45, 7) is -1.56. The molecule has 2 atom stereocenters. The molecule has 1 aromatic carbocycles. The molecule has 0 aromatic heterocycles. The number of halogens is 5. The fourth-order valence-corrected chi connectivity index (χ4v) is 2.37. The predicted molar refractivity (Wildman–Crippen MR) is 76.1 cm³/mol. The van der Waals surface area contributed by atoms with Gasteiger partial charge in [-0.25, -0.2) is 23.9 Å². The van der Waals surface area contributed by atoms with Crippen molar-refractivity contribution in [1.29, 1.82) is 0 Å². The number of amides is 1. The Morgan fingerprint density at radius 2 is 2.20 bits per heavy atom. The molecule has 0 saturated heterocycles. The molecule has 0 saturated carbocycles. The van der Waals surface area contributed by atoms with Gasteiger partial charge in [0.15, 0.2) is 11.6 Å². The lowest BCUT2D eigenvalue weighted by atomic mass is 9.86. The third-order valence-electron chi connectivity index (χ3n) is 3.52. The van der Waals surface area contributed by atoms with E-state index in [2.05, 4.69) is 10.9 Å². The summed E-state index contributed by atoms with van der Waals surface area (Å²) >= 11 is 0. The SMILES string of the molecule is C#Cc1ccc(F)c([C@]2(CF)C[C@@H](C(F)(F)F)N=C(NC(=O)O)O2)c1. The summed E-state index contributed by atoms with van der Waals surface area (Å²) in [4.78, 5) is 13.8. The topological polar surface area (TPSA) is 70.9 Å². The van der Waals surface area contributed by atoms with Crippen LogP contribution >= 0.6 is 0 Å². The van der Waals surface area contributed by atoms with Gasteiger partial charge in [-0.2, -0.15) is 13.2 Å². The number of benzene rings is 1. The van der Waals surface area contributed by atoms with Gasteiger partial charge in [-0.1, -0.05) is 5.92 Å². The molecule has 5 nitrogen and oxygen atoms in total. The van der Waals surface area contributed by atoms with E-state index in [0.29, 0.717) is 0 Å². The highest BCUT2D eigenvalue weighted by Gasteiger charge is 2.52. The average molecular weight is 362 g/mol. The maximum Gasteiger partial charge on any atom is 0.412 e. The molecule has 1 aliphatic rings. The van der Waals surface area contributed by atoms with Crippen LogP contribution in [0.15, 0.2) is 23.2 Å².